The Hall–Kier alpha value is 0.620. The van der Waals surface area contributed by atoms with Gasteiger partial charge in [0.25, 0.3) is 0 Å². The minimum Gasteiger partial charge on any atom is -0.381 e. The average molecular weight is 182 g/mol. The van der Waals surface area contributed by atoms with E-state index in [1.807, 2.05) is 6.92 Å². The van der Waals surface area contributed by atoms with Crippen LogP contribution in [0.15, 0.2) is 0 Å². The van der Waals surface area contributed by atoms with Gasteiger partial charge in [0.2, 0.25) is 0 Å². The first kappa shape index (κ1) is 10.6. The van der Waals surface area contributed by atoms with Crippen molar-refractivity contribution >= 4 is 25.3 Å². The highest BCUT2D eigenvalue weighted by Crippen LogP contribution is 2.24. The lowest BCUT2D eigenvalue weighted by atomic mass is 10.3. The van der Waals surface area contributed by atoms with Gasteiger partial charge in [-0.15, -0.1) is 12.6 Å². The van der Waals surface area contributed by atoms with Gasteiger partial charge >= 0.3 is 0 Å². The maximum absolute atomic E-state index is 5.10. The highest BCUT2D eigenvalue weighted by Gasteiger charge is 2.29. The van der Waals surface area contributed by atoms with Gasteiger partial charge in [-0.2, -0.15) is 12.6 Å². The fraction of sp³-hybridized carbons (Fsp3) is 1.00. The molecule has 62 valence electrons. The summed E-state index contributed by atoms with van der Waals surface area (Å²) in [6.45, 7) is 2.36. The average Bonchev–Trinajstić information content (AvgIpc) is 1.88. The first-order valence-electron chi connectivity index (χ1n) is 3.01. The van der Waals surface area contributed by atoms with Gasteiger partial charge in [0.15, 0.2) is 0 Å². The van der Waals surface area contributed by atoms with E-state index < -0.39 is 4.93 Å². The van der Waals surface area contributed by atoms with Crippen LogP contribution >= 0.6 is 25.3 Å². The zero-order chi connectivity index (χ0) is 8.20. The van der Waals surface area contributed by atoms with Crippen LogP contribution in [0.2, 0.25) is 0 Å². The third-order valence-corrected chi connectivity index (χ3v) is 2.68. The molecule has 0 N–H and O–H groups in total. The van der Waals surface area contributed by atoms with Crippen LogP contribution in [0.25, 0.3) is 0 Å². The molecule has 0 aliphatic carbocycles. The number of ether oxygens (including phenoxy) is 2. The van der Waals surface area contributed by atoms with Crippen molar-refractivity contribution < 1.29 is 9.47 Å². The summed E-state index contributed by atoms with van der Waals surface area (Å²) in [6.07, 6.45) is 0. The Labute approximate surface area is 73.1 Å². The van der Waals surface area contributed by atoms with Crippen molar-refractivity contribution in [2.24, 2.45) is 0 Å². The second-order valence-corrected chi connectivity index (χ2v) is 3.69. The summed E-state index contributed by atoms with van der Waals surface area (Å²) in [4.78, 5) is -0.572. The summed E-state index contributed by atoms with van der Waals surface area (Å²) in [5.74, 6) is 0. The molecule has 0 aromatic carbocycles. The van der Waals surface area contributed by atoms with Crippen LogP contribution in [-0.4, -0.2) is 31.0 Å². The van der Waals surface area contributed by atoms with Gasteiger partial charge in [0.05, 0.1) is 6.61 Å². The molecule has 0 rings (SSSR count). The van der Waals surface area contributed by atoms with Crippen molar-refractivity contribution in [3.05, 3.63) is 0 Å². The van der Waals surface area contributed by atoms with Crippen molar-refractivity contribution in [2.45, 2.75) is 17.1 Å². The molecule has 0 aliphatic heterocycles. The summed E-state index contributed by atoms with van der Waals surface area (Å²) in [5.41, 5.74) is 0. The van der Waals surface area contributed by atoms with Crippen molar-refractivity contribution in [2.75, 3.05) is 20.8 Å². The van der Waals surface area contributed by atoms with Crippen molar-refractivity contribution in [1.29, 1.82) is 0 Å². The molecule has 0 heterocycles. The molecule has 2 atom stereocenters. The smallest absolute Gasteiger partial charge is 0.145 e. The minimum absolute atomic E-state index is 0.0424. The van der Waals surface area contributed by atoms with Crippen LogP contribution in [0, 0.1) is 0 Å². The SMILES string of the molecule is COCC(S)(OC)C(C)S. The number of methoxy groups -OCH3 is 2. The molecule has 0 bridgehead atoms. The summed E-state index contributed by atoms with van der Waals surface area (Å²) in [6, 6.07) is 0. The predicted octanol–water partition coefficient (Wildman–Crippen LogP) is 1.22. The number of thiol groups is 2. The quantitative estimate of drug-likeness (QED) is 0.503. The number of rotatable bonds is 4. The van der Waals surface area contributed by atoms with Gasteiger partial charge < -0.3 is 9.47 Å². The lowest BCUT2D eigenvalue weighted by Crippen LogP contribution is -2.38. The second kappa shape index (κ2) is 4.49. The molecule has 0 fully saturated rings. The summed E-state index contributed by atoms with van der Waals surface area (Å²) in [5, 5.41) is 0.0424. The molecular weight excluding hydrogens is 168 g/mol. The zero-order valence-electron chi connectivity index (χ0n) is 6.50. The highest BCUT2D eigenvalue weighted by molar-refractivity contribution is 7.85. The molecule has 2 nitrogen and oxygen atoms in total. The zero-order valence-corrected chi connectivity index (χ0v) is 8.28. The third-order valence-electron chi connectivity index (χ3n) is 1.36. The molecule has 0 radical (unpaired) electrons. The van der Waals surface area contributed by atoms with E-state index in [2.05, 4.69) is 25.3 Å². The Bertz CT molecular complexity index is 97.7. The lowest BCUT2D eigenvalue weighted by molar-refractivity contribution is 0.00620. The number of hydrogen-bond acceptors (Lipinski definition) is 4. The maximum Gasteiger partial charge on any atom is 0.145 e. The molecule has 0 spiro atoms. The monoisotopic (exact) mass is 182 g/mol. The predicted molar refractivity (Wildman–Crippen MR) is 49.1 cm³/mol. The van der Waals surface area contributed by atoms with E-state index in [-0.39, 0.29) is 5.25 Å². The topological polar surface area (TPSA) is 18.5 Å². The Morgan fingerprint density at radius 3 is 2.10 bits per heavy atom. The van der Waals surface area contributed by atoms with Crippen molar-refractivity contribution in [3.63, 3.8) is 0 Å². The maximum atomic E-state index is 5.10. The second-order valence-electron chi connectivity index (χ2n) is 2.16. The summed E-state index contributed by atoms with van der Waals surface area (Å²) < 4.78 is 10.0. The van der Waals surface area contributed by atoms with Gasteiger partial charge in [0.1, 0.15) is 4.93 Å². The minimum atomic E-state index is -0.572. The highest BCUT2D eigenvalue weighted by atomic mass is 32.1. The Morgan fingerprint density at radius 2 is 2.00 bits per heavy atom. The fourth-order valence-corrected chi connectivity index (χ4v) is 0.866. The molecule has 2 unspecified atom stereocenters. The molecule has 0 saturated carbocycles. The molecule has 0 amide bonds. The van der Waals surface area contributed by atoms with Crippen LogP contribution < -0.4 is 0 Å². The van der Waals surface area contributed by atoms with Gasteiger partial charge in [-0.1, -0.05) is 0 Å². The van der Waals surface area contributed by atoms with E-state index in [0.29, 0.717) is 6.61 Å². The van der Waals surface area contributed by atoms with E-state index in [4.69, 9.17) is 9.47 Å². The lowest BCUT2D eigenvalue weighted by Gasteiger charge is -2.29. The van der Waals surface area contributed by atoms with Gasteiger partial charge in [0, 0.05) is 19.5 Å². The molecule has 0 saturated heterocycles. The normalized spacial score (nSPS) is 20.1. The van der Waals surface area contributed by atoms with E-state index in [1.54, 1.807) is 14.2 Å². The molecule has 0 aromatic rings. The van der Waals surface area contributed by atoms with E-state index in [0.717, 1.165) is 0 Å². The third kappa shape index (κ3) is 2.70. The van der Waals surface area contributed by atoms with Gasteiger partial charge in [-0.05, 0) is 6.92 Å². The fourth-order valence-electron chi connectivity index (χ4n) is 0.557. The van der Waals surface area contributed by atoms with Gasteiger partial charge in [-0.3, -0.25) is 0 Å². The van der Waals surface area contributed by atoms with Crippen LogP contribution in [0.1, 0.15) is 6.92 Å². The van der Waals surface area contributed by atoms with Crippen LogP contribution in [-0.2, 0) is 9.47 Å². The van der Waals surface area contributed by atoms with E-state index in [9.17, 15) is 0 Å². The van der Waals surface area contributed by atoms with Crippen LogP contribution in [0.3, 0.4) is 0 Å². The van der Waals surface area contributed by atoms with Crippen molar-refractivity contribution in [3.8, 4) is 0 Å². The first-order chi connectivity index (χ1) is 4.56. The molecule has 0 aromatic heterocycles. The molecule has 10 heavy (non-hydrogen) atoms. The molecule has 4 heteroatoms. The van der Waals surface area contributed by atoms with E-state index in [1.165, 1.54) is 0 Å². The molecular formula is C6H14O2S2. The Kier molecular flexibility index (Phi) is 4.77. The first-order valence-corrected chi connectivity index (χ1v) is 3.97. The van der Waals surface area contributed by atoms with E-state index >= 15 is 0 Å². The number of hydrogen-bond donors (Lipinski definition) is 2. The Morgan fingerprint density at radius 1 is 1.50 bits per heavy atom. The summed E-state index contributed by atoms with van der Waals surface area (Å²) in [7, 11) is 3.21. The van der Waals surface area contributed by atoms with Crippen molar-refractivity contribution in [1.82, 2.24) is 0 Å². The van der Waals surface area contributed by atoms with Crippen LogP contribution in [0.5, 0.6) is 0 Å². The molecule has 0 aliphatic rings. The van der Waals surface area contributed by atoms with Crippen LogP contribution in [0.4, 0.5) is 0 Å². The summed E-state index contributed by atoms with van der Waals surface area (Å²) >= 11 is 8.48. The standard InChI is InChI=1S/C6H14O2S2/c1-5(9)6(10,8-3)4-7-2/h5,9-10H,4H2,1-3H3. The Balaban J connectivity index is 3.94. The van der Waals surface area contributed by atoms with Gasteiger partial charge in [-0.25, -0.2) is 0 Å². The largest absolute Gasteiger partial charge is 0.381 e.